The van der Waals surface area contributed by atoms with Crippen LogP contribution in [-0.4, -0.2) is 11.1 Å². The van der Waals surface area contributed by atoms with Crippen LogP contribution in [0.2, 0.25) is 0 Å². The first kappa shape index (κ1) is 14.1. The number of carbonyl (C=O) groups is 1. The van der Waals surface area contributed by atoms with E-state index < -0.39 is 12.0 Å². The Labute approximate surface area is 119 Å². The van der Waals surface area contributed by atoms with Crippen molar-refractivity contribution in [3.8, 4) is 0 Å². The number of hydrogen-bond donors (Lipinski definition) is 2. The van der Waals surface area contributed by atoms with Crippen molar-refractivity contribution < 1.29 is 9.90 Å². The Morgan fingerprint density at radius 3 is 2.20 bits per heavy atom. The molecule has 0 aliphatic carbocycles. The van der Waals surface area contributed by atoms with Crippen molar-refractivity contribution >= 4 is 11.7 Å². The molecule has 0 bridgehead atoms. The molecule has 0 radical (unpaired) electrons. The van der Waals surface area contributed by atoms with Gasteiger partial charge in [0.25, 0.3) is 0 Å². The van der Waals surface area contributed by atoms with E-state index in [2.05, 4.69) is 5.32 Å². The van der Waals surface area contributed by atoms with Crippen LogP contribution in [0, 0.1) is 20.8 Å². The lowest BCUT2D eigenvalue weighted by Crippen LogP contribution is -2.20. The molecule has 0 aliphatic rings. The first-order chi connectivity index (χ1) is 9.47. The zero-order chi connectivity index (χ0) is 14.7. The smallest absolute Gasteiger partial charge is 0.330 e. The predicted molar refractivity (Wildman–Crippen MR) is 81.1 cm³/mol. The number of rotatable bonds is 4. The van der Waals surface area contributed by atoms with Crippen LogP contribution in [-0.2, 0) is 4.79 Å². The average Bonchev–Trinajstić information content (AvgIpc) is 2.41. The fourth-order valence-electron chi connectivity index (χ4n) is 2.04. The van der Waals surface area contributed by atoms with Gasteiger partial charge in [-0.3, -0.25) is 0 Å². The second-order valence-corrected chi connectivity index (χ2v) is 5.13. The maximum Gasteiger partial charge on any atom is 0.330 e. The summed E-state index contributed by atoms with van der Waals surface area (Å²) < 4.78 is 0. The summed E-state index contributed by atoms with van der Waals surface area (Å²) in [6.45, 7) is 6.03. The van der Waals surface area contributed by atoms with E-state index >= 15 is 0 Å². The Morgan fingerprint density at radius 1 is 1.00 bits per heavy atom. The summed E-state index contributed by atoms with van der Waals surface area (Å²) in [4.78, 5) is 11.5. The summed E-state index contributed by atoms with van der Waals surface area (Å²) >= 11 is 0. The summed E-state index contributed by atoms with van der Waals surface area (Å²) in [5.41, 5.74) is 5.02. The van der Waals surface area contributed by atoms with Crippen molar-refractivity contribution in [2.75, 3.05) is 5.32 Å². The number of nitrogens with one attached hydrogen (secondary N) is 1. The highest BCUT2D eigenvalue weighted by molar-refractivity contribution is 5.79. The normalized spacial score (nSPS) is 11.9. The van der Waals surface area contributed by atoms with Crippen molar-refractivity contribution in [1.82, 2.24) is 0 Å². The number of anilines is 1. The predicted octanol–water partition coefficient (Wildman–Crippen LogP) is 3.85. The van der Waals surface area contributed by atoms with Crippen LogP contribution in [0.3, 0.4) is 0 Å². The molecular formula is C17H19NO2. The summed E-state index contributed by atoms with van der Waals surface area (Å²) in [5, 5.41) is 12.5. The maximum atomic E-state index is 11.5. The lowest BCUT2D eigenvalue weighted by molar-refractivity contribution is -0.138. The van der Waals surface area contributed by atoms with Gasteiger partial charge in [-0.25, -0.2) is 4.79 Å². The molecule has 0 unspecified atom stereocenters. The molecule has 2 rings (SSSR count). The van der Waals surface area contributed by atoms with E-state index in [0.29, 0.717) is 0 Å². The fourth-order valence-corrected chi connectivity index (χ4v) is 2.04. The van der Waals surface area contributed by atoms with E-state index in [-0.39, 0.29) is 0 Å². The molecule has 0 aromatic heterocycles. The van der Waals surface area contributed by atoms with E-state index in [9.17, 15) is 9.90 Å². The Balaban J connectivity index is 2.27. The molecule has 0 heterocycles. The van der Waals surface area contributed by atoms with Gasteiger partial charge in [0.1, 0.15) is 0 Å². The molecule has 0 saturated heterocycles. The van der Waals surface area contributed by atoms with Gasteiger partial charge in [-0.2, -0.15) is 0 Å². The third kappa shape index (κ3) is 3.18. The minimum Gasteiger partial charge on any atom is -0.479 e. The summed E-state index contributed by atoms with van der Waals surface area (Å²) in [5.74, 6) is -0.882. The highest BCUT2D eigenvalue weighted by Gasteiger charge is 2.19. The maximum absolute atomic E-state index is 11.5. The van der Waals surface area contributed by atoms with Crippen LogP contribution in [0.1, 0.15) is 28.3 Å². The Hall–Kier alpha value is -2.29. The van der Waals surface area contributed by atoms with E-state index in [1.54, 1.807) is 0 Å². The third-order valence-electron chi connectivity index (χ3n) is 3.48. The van der Waals surface area contributed by atoms with Crippen molar-refractivity contribution in [3.05, 3.63) is 64.7 Å². The molecule has 0 fully saturated rings. The van der Waals surface area contributed by atoms with Crippen LogP contribution in [0.25, 0.3) is 0 Å². The standard InChI is InChI=1S/C17H19NO2/c1-11-4-7-14(8-5-11)16(17(19)20)18-15-9-6-12(2)13(3)10-15/h4-10,16,18H,1-3H3,(H,19,20)/t16-/m0/s1. The topological polar surface area (TPSA) is 49.3 Å². The van der Waals surface area contributed by atoms with Gasteiger partial charge in [0.15, 0.2) is 6.04 Å². The molecule has 2 aromatic rings. The van der Waals surface area contributed by atoms with Crippen LogP contribution in [0.5, 0.6) is 0 Å². The third-order valence-corrected chi connectivity index (χ3v) is 3.48. The van der Waals surface area contributed by atoms with Crippen LogP contribution >= 0.6 is 0 Å². The van der Waals surface area contributed by atoms with Crippen molar-refractivity contribution in [1.29, 1.82) is 0 Å². The van der Waals surface area contributed by atoms with Gasteiger partial charge in [0.2, 0.25) is 0 Å². The molecule has 0 spiro atoms. The molecular weight excluding hydrogens is 250 g/mol. The Kier molecular flexibility index (Phi) is 4.08. The van der Waals surface area contributed by atoms with Gasteiger partial charge < -0.3 is 10.4 Å². The first-order valence-corrected chi connectivity index (χ1v) is 6.60. The monoisotopic (exact) mass is 269 g/mol. The van der Waals surface area contributed by atoms with Gasteiger partial charge in [-0.15, -0.1) is 0 Å². The number of aryl methyl sites for hydroxylation is 3. The van der Waals surface area contributed by atoms with Crippen molar-refractivity contribution in [3.63, 3.8) is 0 Å². The SMILES string of the molecule is Cc1ccc([C@H](Nc2ccc(C)c(C)c2)C(=O)O)cc1. The molecule has 0 aliphatic heterocycles. The minimum absolute atomic E-state index is 0.738. The van der Waals surface area contributed by atoms with Gasteiger partial charge in [0, 0.05) is 5.69 Å². The lowest BCUT2D eigenvalue weighted by atomic mass is 10.0. The van der Waals surface area contributed by atoms with Crippen LogP contribution in [0.4, 0.5) is 5.69 Å². The fraction of sp³-hybridized carbons (Fsp3) is 0.235. The first-order valence-electron chi connectivity index (χ1n) is 6.60. The number of hydrogen-bond acceptors (Lipinski definition) is 2. The quantitative estimate of drug-likeness (QED) is 0.886. The van der Waals surface area contributed by atoms with Gasteiger partial charge in [-0.1, -0.05) is 35.9 Å². The number of benzene rings is 2. The lowest BCUT2D eigenvalue weighted by Gasteiger charge is -2.17. The summed E-state index contributed by atoms with van der Waals surface area (Å²) in [7, 11) is 0. The van der Waals surface area contributed by atoms with E-state index in [1.165, 1.54) is 5.56 Å². The Morgan fingerprint density at radius 2 is 1.65 bits per heavy atom. The van der Waals surface area contributed by atoms with E-state index in [0.717, 1.165) is 22.4 Å². The van der Waals surface area contributed by atoms with E-state index in [1.807, 2.05) is 63.2 Å². The average molecular weight is 269 g/mol. The van der Waals surface area contributed by atoms with Gasteiger partial charge in [-0.05, 0) is 49.6 Å². The molecule has 3 heteroatoms. The molecule has 1 atom stereocenters. The second-order valence-electron chi connectivity index (χ2n) is 5.13. The largest absolute Gasteiger partial charge is 0.479 e. The zero-order valence-corrected chi connectivity index (χ0v) is 12.0. The van der Waals surface area contributed by atoms with Gasteiger partial charge in [0.05, 0.1) is 0 Å². The highest BCUT2D eigenvalue weighted by Crippen LogP contribution is 2.22. The summed E-state index contributed by atoms with van der Waals surface area (Å²) in [6.07, 6.45) is 0. The van der Waals surface area contributed by atoms with Crippen LogP contribution in [0.15, 0.2) is 42.5 Å². The number of carboxylic acid groups (broad SMARTS) is 1. The number of carboxylic acids is 1. The number of aliphatic carboxylic acids is 1. The van der Waals surface area contributed by atoms with Crippen LogP contribution < -0.4 is 5.32 Å². The molecule has 0 amide bonds. The second kappa shape index (κ2) is 5.78. The highest BCUT2D eigenvalue weighted by atomic mass is 16.4. The molecule has 2 aromatic carbocycles. The summed E-state index contributed by atoms with van der Waals surface area (Å²) in [6, 6.07) is 12.7. The molecule has 2 N–H and O–H groups in total. The van der Waals surface area contributed by atoms with Gasteiger partial charge >= 0.3 is 5.97 Å². The molecule has 0 saturated carbocycles. The molecule has 3 nitrogen and oxygen atoms in total. The molecule has 20 heavy (non-hydrogen) atoms. The molecule has 104 valence electrons. The van der Waals surface area contributed by atoms with Crippen molar-refractivity contribution in [2.24, 2.45) is 0 Å². The minimum atomic E-state index is -0.882. The van der Waals surface area contributed by atoms with E-state index in [4.69, 9.17) is 0 Å². The zero-order valence-electron chi connectivity index (χ0n) is 12.0. The van der Waals surface area contributed by atoms with Crippen molar-refractivity contribution in [2.45, 2.75) is 26.8 Å². The Bertz CT molecular complexity index is 617.